The maximum absolute atomic E-state index is 7.13. The van der Waals surface area contributed by atoms with Gasteiger partial charge in [-0.15, -0.1) is 0 Å². The predicted octanol–water partition coefficient (Wildman–Crippen LogP) is 3.97. The largest absolute Gasteiger partial charge is 0.481 e. The van der Waals surface area contributed by atoms with E-state index in [2.05, 4.69) is 30.8 Å². The maximum Gasteiger partial charge on any atom is 0.212 e. The Hall–Kier alpha value is -3.46. The van der Waals surface area contributed by atoms with Gasteiger partial charge in [0.2, 0.25) is 11.6 Å². The Morgan fingerprint density at radius 2 is 1.93 bits per heavy atom. The lowest BCUT2D eigenvalue weighted by atomic mass is 10.0. The molecule has 0 aromatic carbocycles. The van der Waals surface area contributed by atoms with E-state index in [1.54, 1.807) is 19.5 Å². The topological polar surface area (TPSA) is 55.5 Å². The van der Waals surface area contributed by atoms with Gasteiger partial charge in [0.1, 0.15) is 5.82 Å². The molecule has 0 N–H and O–H groups in total. The summed E-state index contributed by atoms with van der Waals surface area (Å²) in [7, 11) is 1.61. The van der Waals surface area contributed by atoms with Crippen molar-refractivity contribution in [2.24, 2.45) is 0 Å². The lowest BCUT2D eigenvalue weighted by Gasteiger charge is -2.30. The molecule has 0 fully saturated rings. The Kier molecular flexibility index (Phi) is 4.43. The summed E-state index contributed by atoms with van der Waals surface area (Å²) in [5.74, 6) is 1.53. The molecule has 0 radical (unpaired) electrons. The zero-order valence-electron chi connectivity index (χ0n) is 15.3. The van der Waals surface area contributed by atoms with Crippen molar-refractivity contribution in [3.63, 3.8) is 0 Å². The molecule has 6 heteroatoms. The van der Waals surface area contributed by atoms with Crippen LogP contribution in [0.5, 0.6) is 5.88 Å². The van der Waals surface area contributed by atoms with Crippen LogP contribution < -0.4 is 9.64 Å². The van der Waals surface area contributed by atoms with E-state index in [-0.39, 0.29) is 0 Å². The number of hydrogen-bond donors (Lipinski definition) is 0. The van der Waals surface area contributed by atoms with Gasteiger partial charge in [0.25, 0.3) is 0 Å². The first-order valence-electron chi connectivity index (χ1n) is 8.75. The molecule has 27 heavy (non-hydrogen) atoms. The van der Waals surface area contributed by atoms with E-state index in [0.29, 0.717) is 11.6 Å². The van der Waals surface area contributed by atoms with E-state index in [1.807, 2.05) is 31.3 Å². The zero-order chi connectivity index (χ0) is 18.8. The number of ether oxygens (including phenoxy) is 1. The molecule has 6 nitrogen and oxygen atoms in total. The summed E-state index contributed by atoms with van der Waals surface area (Å²) in [6.07, 6.45) is 6.23. The van der Waals surface area contributed by atoms with Crippen molar-refractivity contribution >= 4 is 11.5 Å². The van der Waals surface area contributed by atoms with Crippen LogP contribution in [0.1, 0.15) is 16.8 Å². The van der Waals surface area contributed by atoms with E-state index < -0.39 is 0 Å². The van der Waals surface area contributed by atoms with Crippen molar-refractivity contribution in [1.29, 1.82) is 0 Å². The Balaban J connectivity index is 1.62. The van der Waals surface area contributed by atoms with Crippen LogP contribution in [0.15, 0.2) is 42.9 Å². The van der Waals surface area contributed by atoms with E-state index >= 15 is 0 Å². The van der Waals surface area contributed by atoms with Crippen LogP contribution in [0.2, 0.25) is 0 Å². The van der Waals surface area contributed by atoms with Gasteiger partial charge in [-0.25, -0.2) is 9.83 Å². The van der Waals surface area contributed by atoms with Gasteiger partial charge in [-0.05, 0) is 36.2 Å². The average molecular weight is 357 g/mol. The minimum absolute atomic E-state index is 0.574. The van der Waals surface area contributed by atoms with Gasteiger partial charge in [0.15, 0.2) is 0 Å². The molecule has 134 valence electrons. The van der Waals surface area contributed by atoms with Crippen molar-refractivity contribution in [1.82, 2.24) is 15.0 Å². The average Bonchev–Trinajstić information content (AvgIpc) is 2.73. The van der Waals surface area contributed by atoms with Gasteiger partial charge in [-0.1, -0.05) is 0 Å². The van der Waals surface area contributed by atoms with Crippen LogP contribution in [0, 0.1) is 13.5 Å². The third kappa shape index (κ3) is 3.32. The highest BCUT2D eigenvalue weighted by molar-refractivity contribution is 5.64. The fourth-order valence-corrected chi connectivity index (χ4v) is 3.38. The summed E-state index contributed by atoms with van der Waals surface area (Å²) in [4.78, 5) is 19.2. The van der Waals surface area contributed by atoms with Crippen molar-refractivity contribution in [2.45, 2.75) is 19.9 Å². The number of hydrogen-bond acceptors (Lipinski definition) is 5. The van der Waals surface area contributed by atoms with Crippen molar-refractivity contribution in [2.75, 3.05) is 18.6 Å². The molecule has 0 saturated carbocycles. The van der Waals surface area contributed by atoms with E-state index in [4.69, 9.17) is 11.3 Å². The van der Waals surface area contributed by atoms with Crippen molar-refractivity contribution in [3.05, 3.63) is 71.1 Å². The highest BCUT2D eigenvalue weighted by atomic mass is 16.5. The Morgan fingerprint density at radius 1 is 1.07 bits per heavy atom. The van der Waals surface area contributed by atoms with Crippen LogP contribution in [-0.4, -0.2) is 28.6 Å². The summed E-state index contributed by atoms with van der Waals surface area (Å²) in [6.45, 7) is 10.8. The lowest BCUT2D eigenvalue weighted by Crippen LogP contribution is -2.32. The molecule has 0 unspecified atom stereocenters. The zero-order valence-corrected chi connectivity index (χ0v) is 15.3. The molecular formula is C21H19N5O. The number of aryl methyl sites for hydroxylation is 1. The second-order valence-electron chi connectivity index (χ2n) is 6.54. The maximum atomic E-state index is 7.13. The first kappa shape index (κ1) is 17.0. The van der Waals surface area contributed by atoms with Crippen molar-refractivity contribution < 1.29 is 4.74 Å². The number of fused-ring (bicyclic) bond motifs is 1. The van der Waals surface area contributed by atoms with Gasteiger partial charge in [0, 0.05) is 61.0 Å². The minimum atomic E-state index is 0.574. The summed E-state index contributed by atoms with van der Waals surface area (Å²) < 4.78 is 5.13. The quantitative estimate of drug-likeness (QED) is 0.664. The van der Waals surface area contributed by atoms with Crippen molar-refractivity contribution in [3.8, 4) is 17.0 Å². The van der Waals surface area contributed by atoms with Gasteiger partial charge in [-0.3, -0.25) is 9.97 Å². The molecule has 1 aliphatic heterocycles. The van der Waals surface area contributed by atoms with Crippen LogP contribution in [0.25, 0.3) is 16.0 Å². The van der Waals surface area contributed by atoms with Gasteiger partial charge < -0.3 is 9.64 Å². The monoisotopic (exact) mass is 357 g/mol. The third-order valence-corrected chi connectivity index (χ3v) is 4.78. The Bertz CT molecular complexity index is 1020. The van der Waals surface area contributed by atoms with E-state index in [0.717, 1.165) is 47.7 Å². The fourth-order valence-electron chi connectivity index (χ4n) is 3.38. The van der Waals surface area contributed by atoms with Crippen LogP contribution in [0.3, 0.4) is 0 Å². The van der Waals surface area contributed by atoms with Crippen LogP contribution >= 0.6 is 0 Å². The Morgan fingerprint density at radius 3 is 2.63 bits per heavy atom. The summed E-state index contributed by atoms with van der Waals surface area (Å²) >= 11 is 0. The number of nitrogens with zero attached hydrogens (tertiary/aromatic N) is 5. The van der Waals surface area contributed by atoms with Gasteiger partial charge in [-0.2, -0.15) is 0 Å². The number of rotatable bonds is 3. The van der Waals surface area contributed by atoms with E-state index in [9.17, 15) is 0 Å². The molecule has 4 rings (SSSR count). The van der Waals surface area contributed by atoms with Gasteiger partial charge >= 0.3 is 0 Å². The van der Waals surface area contributed by atoms with Crippen LogP contribution in [0.4, 0.5) is 11.5 Å². The molecule has 0 atom stereocenters. The lowest BCUT2D eigenvalue weighted by molar-refractivity contribution is 0.398. The molecule has 1 aliphatic rings. The summed E-state index contributed by atoms with van der Waals surface area (Å²) in [5, 5.41) is 0. The van der Waals surface area contributed by atoms with E-state index in [1.165, 1.54) is 5.56 Å². The summed E-state index contributed by atoms with van der Waals surface area (Å²) in [5.41, 5.74) is 5.98. The minimum Gasteiger partial charge on any atom is -0.481 e. The third-order valence-electron chi connectivity index (χ3n) is 4.78. The highest BCUT2D eigenvalue weighted by Gasteiger charge is 2.20. The molecule has 3 aromatic rings. The standard InChI is InChI=1S/C21H19N5O/c1-14-8-18(22-2)12-25-21(14)26-7-6-19-17(13-26)9-16(11-23-19)15-4-5-20(27-3)24-10-15/h4-5,8-12H,6-7,13H2,1,3H3. The molecule has 0 bridgehead atoms. The normalized spacial score (nSPS) is 13.0. The molecule has 3 aromatic heterocycles. The smallest absolute Gasteiger partial charge is 0.212 e. The SMILES string of the molecule is [C-]#[N+]c1cnc(N2CCc3ncc(-c4ccc(OC)nc4)cc3C2)c(C)c1. The molecule has 4 heterocycles. The first-order chi connectivity index (χ1) is 13.2. The first-order valence-corrected chi connectivity index (χ1v) is 8.75. The number of anilines is 1. The number of aromatic nitrogens is 3. The predicted molar refractivity (Wildman–Crippen MR) is 104 cm³/mol. The van der Waals surface area contributed by atoms with Crippen LogP contribution in [-0.2, 0) is 13.0 Å². The summed E-state index contributed by atoms with van der Waals surface area (Å²) in [6, 6.07) is 7.92. The fraction of sp³-hybridized carbons (Fsp3) is 0.238. The van der Waals surface area contributed by atoms with Gasteiger partial charge in [0.05, 0.1) is 13.7 Å². The number of pyridine rings is 3. The molecule has 0 aliphatic carbocycles. The second kappa shape index (κ2) is 7.04. The Labute approximate surface area is 158 Å². The number of methoxy groups -OCH3 is 1. The second-order valence-corrected chi connectivity index (χ2v) is 6.54. The molecule has 0 amide bonds. The highest BCUT2D eigenvalue weighted by Crippen LogP contribution is 2.29. The molecule has 0 spiro atoms. The molecular weight excluding hydrogens is 338 g/mol. The molecule has 0 saturated heterocycles.